The fourth-order valence-corrected chi connectivity index (χ4v) is 2.45. The summed E-state index contributed by atoms with van der Waals surface area (Å²) in [7, 11) is 0. The van der Waals surface area contributed by atoms with Gasteiger partial charge in [-0.2, -0.15) is 0 Å². The number of hydrogen-bond donors (Lipinski definition) is 1. The maximum absolute atomic E-state index is 12.1. The van der Waals surface area contributed by atoms with Gasteiger partial charge in [-0.3, -0.25) is 14.9 Å². The molecule has 2 aromatic carbocycles. The highest BCUT2D eigenvalue weighted by molar-refractivity contribution is 6.01. The quantitative estimate of drug-likeness (QED) is 0.328. The largest absolute Gasteiger partial charge is 0.573 e. The number of alkyl halides is 3. The molecular formula is C20H13F3N2O5. The second-order valence-corrected chi connectivity index (χ2v) is 5.90. The average Bonchev–Trinajstić information content (AvgIpc) is 3.16. The number of hydrogen-bond acceptors (Lipinski definition) is 5. The summed E-state index contributed by atoms with van der Waals surface area (Å²) in [5, 5.41) is 13.3. The molecule has 0 radical (unpaired) electrons. The molecule has 10 heteroatoms. The predicted octanol–water partition coefficient (Wildman–Crippen LogP) is 5.41. The highest BCUT2D eigenvalue weighted by atomic mass is 19.4. The zero-order chi connectivity index (χ0) is 21.7. The summed E-state index contributed by atoms with van der Waals surface area (Å²) >= 11 is 0. The van der Waals surface area contributed by atoms with Crippen molar-refractivity contribution >= 4 is 23.4 Å². The molecule has 3 aromatic rings. The minimum atomic E-state index is -4.79. The molecule has 0 saturated heterocycles. The van der Waals surface area contributed by atoms with Crippen molar-refractivity contribution in [3.05, 3.63) is 82.6 Å². The van der Waals surface area contributed by atoms with E-state index in [-0.39, 0.29) is 11.4 Å². The highest BCUT2D eigenvalue weighted by Gasteiger charge is 2.30. The summed E-state index contributed by atoms with van der Waals surface area (Å²) in [4.78, 5) is 22.3. The van der Waals surface area contributed by atoms with Crippen LogP contribution < -0.4 is 10.1 Å². The first-order valence-electron chi connectivity index (χ1n) is 8.39. The number of benzene rings is 2. The van der Waals surface area contributed by atoms with Gasteiger partial charge in [-0.15, -0.1) is 13.2 Å². The zero-order valence-corrected chi connectivity index (χ0v) is 15.1. The van der Waals surface area contributed by atoms with Gasteiger partial charge < -0.3 is 14.5 Å². The molecule has 0 saturated carbocycles. The van der Waals surface area contributed by atoms with E-state index in [0.29, 0.717) is 17.1 Å². The van der Waals surface area contributed by atoms with Gasteiger partial charge in [-0.25, -0.2) is 0 Å². The van der Waals surface area contributed by atoms with Crippen LogP contribution >= 0.6 is 0 Å². The van der Waals surface area contributed by atoms with Crippen molar-refractivity contribution in [1.82, 2.24) is 0 Å². The van der Waals surface area contributed by atoms with Gasteiger partial charge in [-0.05, 0) is 42.5 Å². The van der Waals surface area contributed by atoms with Crippen LogP contribution in [0.4, 0.5) is 24.5 Å². The summed E-state index contributed by atoms with van der Waals surface area (Å²) in [5.74, 6) is -0.215. The predicted molar refractivity (Wildman–Crippen MR) is 102 cm³/mol. The number of nitro benzene ring substituents is 1. The fraction of sp³-hybridized carbons (Fsp3) is 0.0500. The van der Waals surface area contributed by atoms with E-state index in [0.717, 1.165) is 12.1 Å². The lowest BCUT2D eigenvalue weighted by molar-refractivity contribution is -0.384. The normalized spacial score (nSPS) is 11.4. The van der Waals surface area contributed by atoms with E-state index < -0.39 is 22.9 Å². The van der Waals surface area contributed by atoms with Crippen LogP contribution in [0.25, 0.3) is 17.4 Å². The standard InChI is InChI=1S/C20H13F3N2O5/c21-20(22,23)30-17-6-4-14(5-7-17)24-19(26)11-9-16-8-10-18(29-16)13-2-1-3-15(12-13)25(27)28/h1-12H,(H,24,26). The van der Waals surface area contributed by atoms with E-state index in [9.17, 15) is 28.1 Å². The van der Waals surface area contributed by atoms with Crippen LogP contribution in [0.15, 0.2) is 71.2 Å². The first-order chi connectivity index (χ1) is 14.2. The second-order valence-electron chi connectivity index (χ2n) is 5.90. The SMILES string of the molecule is O=C(C=Cc1ccc(-c2cccc([N+](=O)[O-])c2)o1)Nc1ccc(OC(F)(F)F)cc1. The van der Waals surface area contributed by atoms with Crippen LogP contribution in [0, 0.1) is 10.1 Å². The van der Waals surface area contributed by atoms with E-state index in [1.54, 1.807) is 18.2 Å². The number of furan rings is 1. The van der Waals surface area contributed by atoms with E-state index in [2.05, 4.69) is 10.1 Å². The van der Waals surface area contributed by atoms with E-state index in [4.69, 9.17) is 4.42 Å². The first-order valence-corrected chi connectivity index (χ1v) is 8.39. The molecule has 0 unspecified atom stereocenters. The fourth-order valence-electron chi connectivity index (χ4n) is 2.45. The second kappa shape index (κ2) is 8.52. The summed E-state index contributed by atoms with van der Waals surface area (Å²) in [6, 6.07) is 13.8. The van der Waals surface area contributed by atoms with Crippen molar-refractivity contribution in [1.29, 1.82) is 0 Å². The molecule has 1 amide bonds. The third kappa shape index (κ3) is 5.71. The minimum Gasteiger partial charge on any atom is -0.457 e. The minimum absolute atomic E-state index is 0.0768. The van der Waals surface area contributed by atoms with Gasteiger partial charge in [0.15, 0.2) is 0 Å². The molecule has 0 aliphatic heterocycles. The number of non-ortho nitro benzene ring substituents is 1. The Bertz CT molecular complexity index is 1090. The van der Waals surface area contributed by atoms with Gasteiger partial charge in [0.05, 0.1) is 4.92 Å². The van der Waals surface area contributed by atoms with Gasteiger partial charge in [0.2, 0.25) is 5.91 Å². The number of nitrogens with zero attached hydrogens (tertiary/aromatic N) is 1. The Labute approximate surface area is 167 Å². The number of nitrogens with one attached hydrogen (secondary N) is 1. The van der Waals surface area contributed by atoms with Crippen molar-refractivity contribution < 1.29 is 32.0 Å². The summed E-state index contributed by atoms with van der Waals surface area (Å²) in [5.41, 5.74) is 0.706. The third-order valence-corrected chi connectivity index (χ3v) is 3.72. The third-order valence-electron chi connectivity index (χ3n) is 3.72. The van der Waals surface area contributed by atoms with Crippen LogP contribution in [0.3, 0.4) is 0 Å². The molecule has 0 bridgehead atoms. The Kier molecular flexibility index (Phi) is 5.86. The lowest BCUT2D eigenvalue weighted by Crippen LogP contribution is -2.17. The smallest absolute Gasteiger partial charge is 0.457 e. The Morgan fingerprint density at radius 3 is 2.50 bits per heavy atom. The Balaban J connectivity index is 1.62. The van der Waals surface area contributed by atoms with Gasteiger partial charge in [0.25, 0.3) is 5.69 Å². The molecule has 1 aromatic heterocycles. The average molecular weight is 418 g/mol. The van der Waals surface area contributed by atoms with Crippen LogP contribution in [0.1, 0.15) is 5.76 Å². The van der Waals surface area contributed by atoms with Crippen LogP contribution in [0.2, 0.25) is 0 Å². The maximum atomic E-state index is 12.1. The molecule has 1 heterocycles. The van der Waals surface area contributed by atoms with Crippen molar-refractivity contribution in [2.75, 3.05) is 5.32 Å². The first kappa shape index (κ1) is 20.6. The molecule has 0 fully saturated rings. The number of carbonyl (C=O) groups is 1. The molecule has 0 atom stereocenters. The zero-order valence-electron chi connectivity index (χ0n) is 15.1. The van der Waals surface area contributed by atoms with Gasteiger partial charge in [0, 0.05) is 29.5 Å². The van der Waals surface area contributed by atoms with Crippen LogP contribution in [-0.2, 0) is 4.79 Å². The molecule has 3 rings (SSSR count). The van der Waals surface area contributed by atoms with E-state index in [1.807, 2.05) is 0 Å². The summed E-state index contributed by atoms with van der Waals surface area (Å²) in [6.07, 6.45) is -2.23. The van der Waals surface area contributed by atoms with Crippen molar-refractivity contribution in [2.45, 2.75) is 6.36 Å². The maximum Gasteiger partial charge on any atom is 0.573 e. The number of halogens is 3. The van der Waals surface area contributed by atoms with E-state index >= 15 is 0 Å². The van der Waals surface area contributed by atoms with Crippen molar-refractivity contribution in [3.63, 3.8) is 0 Å². The topological polar surface area (TPSA) is 94.6 Å². The van der Waals surface area contributed by atoms with Crippen molar-refractivity contribution in [3.8, 4) is 17.1 Å². The molecule has 1 N–H and O–H groups in total. The monoisotopic (exact) mass is 418 g/mol. The molecular weight excluding hydrogens is 405 g/mol. The van der Waals surface area contributed by atoms with Gasteiger partial charge in [0.1, 0.15) is 17.3 Å². The number of amides is 1. The lowest BCUT2D eigenvalue weighted by Gasteiger charge is -2.09. The molecule has 0 spiro atoms. The molecule has 7 nitrogen and oxygen atoms in total. The number of nitro groups is 1. The Morgan fingerprint density at radius 2 is 1.83 bits per heavy atom. The van der Waals surface area contributed by atoms with Crippen molar-refractivity contribution in [2.24, 2.45) is 0 Å². The van der Waals surface area contributed by atoms with Crippen LogP contribution in [0.5, 0.6) is 5.75 Å². The lowest BCUT2D eigenvalue weighted by atomic mass is 10.1. The summed E-state index contributed by atoms with van der Waals surface area (Å²) in [6.45, 7) is 0. The van der Waals surface area contributed by atoms with Gasteiger partial charge >= 0.3 is 6.36 Å². The number of ether oxygens (including phenoxy) is 1. The van der Waals surface area contributed by atoms with E-state index in [1.165, 1.54) is 42.5 Å². The van der Waals surface area contributed by atoms with Gasteiger partial charge in [-0.1, -0.05) is 12.1 Å². The summed E-state index contributed by atoms with van der Waals surface area (Å²) < 4.78 is 45.7. The number of carbonyl (C=O) groups excluding carboxylic acids is 1. The number of rotatable bonds is 6. The molecule has 154 valence electrons. The molecule has 0 aliphatic rings. The Morgan fingerprint density at radius 1 is 1.10 bits per heavy atom. The number of anilines is 1. The Hall–Kier alpha value is -4.08. The van der Waals surface area contributed by atoms with Crippen LogP contribution in [-0.4, -0.2) is 17.2 Å². The molecule has 0 aliphatic carbocycles. The molecule has 30 heavy (non-hydrogen) atoms. The highest BCUT2D eigenvalue weighted by Crippen LogP contribution is 2.26.